The quantitative estimate of drug-likeness (QED) is 0.468. The van der Waals surface area contributed by atoms with Gasteiger partial charge in [-0.2, -0.15) is 26.3 Å². The maximum Gasteiger partial charge on any atom is 0.434 e. The van der Waals surface area contributed by atoms with Gasteiger partial charge in [-0.1, -0.05) is 48.5 Å². The van der Waals surface area contributed by atoms with E-state index in [9.17, 15) is 31.1 Å². The Morgan fingerprint density at radius 2 is 1.25 bits per heavy atom. The van der Waals surface area contributed by atoms with E-state index in [-0.39, 0.29) is 5.41 Å². The van der Waals surface area contributed by atoms with Crippen LogP contribution in [0.25, 0.3) is 0 Å². The van der Waals surface area contributed by atoms with Crippen LogP contribution in [0.5, 0.6) is 0 Å². The molecule has 0 aromatic heterocycles. The van der Waals surface area contributed by atoms with Crippen LogP contribution in [0.4, 0.5) is 26.3 Å². The van der Waals surface area contributed by atoms with Gasteiger partial charge in [-0.15, -0.1) is 0 Å². The van der Waals surface area contributed by atoms with Crippen molar-refractivity contribution in [2.75, 3.05) is 0 Å². The van der Waals surface area contributed by atoms with E-state index in [2.05, 4.69) is 4.74 Å². The molecule has 2 atom stereocenters. The van der Waals surface area contributed by atoms with Gasteiger partial charge in [0.05, 0.1) is 5.92 Å². The topological polar surface area (TPSA) is 26.3 Å². The summed E-state index contributed by atoms with van der Waals surface area (Å²) in [4.78, 5) is 12.2. The molecule has 2 unspecified atom stereocenters. The fourth-order valence-electron chi connectivity index (χ4n) is 3.03. The largest absolute Gasteiger partial charge is 0.443 e. The summed E-state index contributed by atoms with van der Waals surface area (Å²) in [6.45, 7) is 12.0. The van der Waals surface area contributed by atoms with Crippen LogP contribution >= 0.6 is 0 Å². The molecule has 0 fully saturated rings. The molecule has 2 nitrogen and oxygen atoms in total. The zero-order valence-corrected chi connectivity index (χ0v) is 15.0. The molecule has 0 saturated carbocycles. The van der Waals surface area contributed by atoms with Gasteiger partial charge in [-0.05, 0) is 23.2 Å². The van der Waals surface area contributed by atoms with Crippen molar-refractivity contribution in [3.63, 3.8) is 0 Å². The summed E-state index contributed by atoms with van der Waals surface area (Å²) in [5, 5.41) is 0. The van der Waals surface area contributed by atoms with Crippen molar-refractivity contribution in [3.8, 4) is 0 Å². The van der Waals surface area contributed by atoms with Gasteiger partial charge >= 0.3 is 18.3 Å². The Morgan fingerprint density at radius 1 is 0.875 bits per heavy atom. The molecule has 8 heteroatoms. The summed E-state index contributed by atoms with van der Waals surface area (Å²) in [5.41, 5.74) is -1.08. The van der Waals surface area contributed by atoms with E-state index in [1.807, 2.05) is 20.8 Å². The predicted octanol–water partition coefficient (Wildman–Crippen LogP) is 5.76. The third-order valence-corrected chi connectivity index (χ3v) is 3.52. The minimum Gasteiger partial charge on any atom is -0.443 e. The monoisotopic (exact) mass is 364 g/mol. The smallest absolute Gasteiger partial charge is 0.434 e. The lowest BCUT2D eigenvalue weighted by atomic mass is 9.69. The molecule has 0 aromatic carbocycles. The van der Waals surface area contributed by atoms with Crippen LogP contribution in [-0.2, 0) is 9.53 Å². The minimum absolute atomic E-state index is 0.239. The molecular weight excluding hydrogens is 338 g/mol. The van der Waals surface area contributed by atoms with Gasteiger partial charge in [-0.3, -0.25) is 4.79 Å². The van der Waals surface area contributed by atoms with Crippen LogP contribution in [0, 0.1) is 22.7 Å². The first kappa shape index (κ1) is 23.1. The van der Waals surface area contributed by atoms with Crippen molar-refractivity contribution in [2.45, 2.75) is 73.3 Å². The highest BCUT2D eigenvalue weighted by molar-refractivity contribution is 5.74. The SMILES string of the molecule is CC(CC(C)(C)C)C(C(=O)OC(C(F)(F)F)C(F)(F)F)C(C)(C)C. The number of hydrogen-bond donors (Lipinski definition) is 0. The van der Waals surface area contributed by atoms with Crippen LogP contribution in [0.1, 0.15) is 54.9 Å². The molecule has 0 N–H and O–H groups in total. The molecular formula is C16H26F6O2. The lowest BCUT2D eigenvalue weighted by molar-refractivity contribution is -0.315. The number of alkyl halides is 6. The Balaban J connectivity index is 5.56. The number of rotatable bonds is 4. The van der Waals surface area contributed by atoms with Gasteiger partial charge in [0.25, 0.3) is 6.10 Å². The summed E-state index contributed by atoms with van der Waals surface area (Å²) in [6.07, 6.45) is -15.1. The van der Waals surface area contributed by atoms with Crippen LogP contribution in [0.3, 0.4) is 0 Å². The van der Waals surface area contributed by atoms with Gasteiger partial charge in [0.15, 0.2) is 0 Å². The van der Waals surface area contributed by atoms with Crippen molar-refractivity contribution in [1.29, 1.82) is 0 Å². The van der Waals surface area contributed by atoms with Crippen molar-refractivity contribution in [2.24, 2.45) is 22.7 Å². The normalized spacial score (nSPS) is 16.9. The second-order valence-electron chi connectivity index (χ2n) is 8.49. The minimum atomic E-state index is -5.70. The molecule has 0 saturated heterocycles. The zero-order valence-electron chi connectivity index (χ0n) is 15.0. The number of carbonyl (C=O) groups excluding carboxylic acids is 1. The summed E-state index contributed by atoms with van der Waals surface area (Å²) in [6, 6.07) is 0. The van der Waals surface area contributed by atoms with Crippen LogP contribution in [0.15, 0.2) is 0 Å². The Morgan fingerprint density at radius 3 is 1.50 bits per heavy atom. The fraction of sp³-hybridized carbons (Fsp3) is 0.938. The van der Waals surface area contributed by atoms with E-state index < -0.39 is 41.7 Å². The molecule has 0 aliphatic heterocycles. The zero-order chi connectivity index (χ0) is 19.7. The lowest BCUT2D eigenvalue weighted by Gasteiger charge is -2.37. The van der Waals surface area contributed by atoms with Crippen molar-refractivity contribution in [1.82, 2.24) is 0 Å². The summed E-state index contributed by atoms with van der Waals surface area (Å²) >= 11 is 0. The van der Waals surface area contributed by atoms with Crippen molar-refractivity contribution in [3.05, 3.63) is 0 Å². The first-order chi connectivity index (χ1) is 10.3. The third-order valence-electron chi connectivity index (χ3n) is 3.52. The highest BCUT2D eigenvalue weighted by atomic mass is 19.4. The van der Waals surface area contributed by atoms with Crippen LogP contribution < -0.4 is 0 Å². The second-order valence-corrected chi connectivity index (χ2v) is 8.49. The van der Waals surface area contributed by atoms with Gasteiger partial charge in [0, 0.05) is 0 Å². The Hall–Kier alpha value is -0.950. The molecule has 0 spiro atoms. The van der Waals surface area contributed by atoms with Gasteiger partial charge in [0.1, 0.15) is 0 Å². The van der Waals surface area contributed by atoms with Gasteiger partial charge in [-0.25, -0.2) is 0 Å². The van der Waals surface area contributed by atoms with Crippen LogP contribution in [0.2, 0.25) is 0 Å². The average Bonchev–Trinajstić information content (AvgIpc) is 2.17. The molecule has 0 aliphatic carbocycles. The van der Waals surface area contributed by atoms with Crippen molar-refractivity contribution < 1.29 is 35.9 Å². The maximum absolute atomic E-state index is 12.6. The Labute approximate surface area is 138 Å². The van der Waals surface area contributed by atoms with Crippen molar-refractivity contribution >= 4 is 5.97 Å². The Kier molecular flexibility index (Phi) is 6.84. The molecule has 0 amide bonds. The first-order valence-corrected chi connectivity index (χ1v) is 7.61. The molecule has 144 valence electrons. The van der Waals surface area contributed by atoms with E-state index in [0.717, 1.165) is 0 Å². The Bertz CT molecular complexity index is 412. The molecule has 0 aliphatic rings. The number of halogens is 6. The number of esters is 1. The molecule has 0 radical (unpaired) electrons. The van der Waals surface area contributed by atoms with Gasteiger partial charge in [0.2, 0.25) is 0 Å². The summed E-state index contributed by atoms with van der Waals surface area (Å²) in [7, 11) is 0. The van der Waals surface area contributed by atoms with E-state index in [1.165, 1.54) is 0 Å². The van der Waals surface area contributed by atoms with Gasteiger partial charge < -0.3 is 4.74 Å². The van der Waals surface area contributed by atoms with E-state index in [0.29, 0.717) is 6.42 Å². The second kappa shape index (κ2) is 7.12. The average molecular weight is 364 g/mol. The molecule has 24 heavy (non-hydrogen) atoms. The maximum atomic E-state index is 12.6. The molecule has 0 rings (SSSR count). The third kappa shape index (κ3) is 7.30. The number of hydrogen-bond acceptors (Lipinski definition) is 2. The summed E-state index contributed by atoms with van der Waals surface area (Å²) in [5.74, 6) is -3.01. The predicted molar refractivity (Wildman–Crippen MR) is 78.2 cm³/mol. The highest BCUT2D eigenvalue weighted by Crippen LogP contribution is 2.41. The lowest BCUT2D eigenvalue weighted by Crippen LogP contribution is -2.48. The first-order valence-electron chi connectivity index (χ1n) is 7.61. The van der Waals surface area contributed by atoms with E-state index in [4.69, 9.17) is 0 Å². The van der Waals surface area contributed by atoms with E-state index >= 15 is 0 Å². The number of ether oxygens (including phenoxy) is 1. The van der Waals surface area contributed by atoms with E-state index in [1.54, 1.807) is 27.7 Å². The highest BCUT2D eigenvalue weighted by Gasteiger charge is 2.60. The standard InChI is InChI=1S/C16H26F6O2/c1-9(8-13(2,3)4)10(14(5,6)7)11(23)24-12(15(17,18)19)16(20,21)22/h9-10,12H,8H2,1-7H3. The molecule has 0 bridgehead atoms. The number of carbonyl (C=O) groups is 1. The molecule has 0 aromatic rings. The molecule has 0 heterocycles. The fourth-order valence-corrected chi connectivity index (χ4v) is 3.03. The van der Waals surface area contributed by atoms with Crippen LogP contribution in [-0.4, -0.2) is 24.4 Å². The summed E-state index contributed by atoms with van der Waals surface area (Å²) < 4.78 is 79.6.